The minimum absolute atomic E-state index is 0.986. The molecule has 1 fully saturated rings. The molecule has 0 aliphatic heterocycles. The molecule has 1 saturated carbocycles. The lowest BCUT2D eigenvalue weighted by Gasteiger charge is -2.22. The standard InChI is InChI=1S/C10H20/c1-9-7-5-3-4-6-8-10(9)2/h9-10H,3-8H2,1-2H3/t9-,10+. The van der Waals surface area contributed by atoms with Crippen molar-refractivity contribution in [3.05, 3.63) is 0 Å². The van der Waals surface area contributed by atoms with Gasteiger partial charge in [0.2, 0.25) is 0 Å². The smallest absolute Gasteiger partial charge is 0.0417 e. The summed E-state index contributed by atoms with van der Waals surface area (Å²) in [5.74, 6) is 1.97. The number of hydrogen-bond acceptors (Lipinski definition) is 0. The van der Waals surface area contributed by atoms with Crippen LogP contribution in [0.1, 0.15) is 52.4 Å². The van der Waals surface area contributed by atoms with Gasteiger partial charge in [0, 0.05) is 0 Å². The second kappa shape index (κ2) is 4.00. The quantitative estimate of drug-likeness (QED) is 0.482. The zero-order valence-corrected chi connectivity index (χ0v) is 7.40. The highest BCUT2D eigenvalue weighted by Crippen LogP contribution is 2.26. The molecule has 0 spiro atoms. The van der Waals surface area contributed by atoms with Gasteiger partial charge in [0.15, 0.2) is 0 Å². The van der Waals surface area contributed by atoms with Crippen LogP contribution in [0.15, 0.2) is 0 Å². The van der Waals surface area contributed by atoms with Gasteiger partial charge < -0.3 is 0 Å². The molecule has 0 bridgehead atoms. The Morgan fingerprint density at radius 1 is 0.700 bits per heavy atom. The largest absolute Gasteiger partial charge is 0.0623 e. The van der Waals surface area contributed by atoms with Crippen molar-refractivity contribution in [3.8, 4) is 0 Å². The third kappa shape index (κ3) is 2.32. The van der Waals surface area contributed by atoms with Crippen LogP contribution in [-0.4, -0.2) is 0 Å². The summed E-state index contributed by atoms with van der Waals surface area (Å²) >= 11 is 0. The Morgan fingerprint density at radius 3 is 1.50 bits per heavy atom. The van der Waals surface area contributed by atoms with E-state index in [2.05, 4.69) is 13.8 Å². The highest BCUT2D eigenvalue weighted by atomic mass is 14.2. The Morgan fingerprint density at radius 2 is 1.10 bits per heavy atom. The summed E-state index contributed by atoms with van der Waals surface area (Å²) in [5, 5.41) is 0. The van der Waals surface area contributed by atoms with Crippen molar-refractivity contribution in [2.45, 2.75) is 52.4 Å². The fourth-order valence-corrected chi connectivity index (χ4v) is 1.86. The van der Waals surface area contributed by atoms with Gasteiger partial charge in [-0.2, -0.15) is 0 Å². The van der Waals surface area contributed by atoms with Crippen molar-refractivity contribution >= 4 is 0 Å². The lowest BCUT2D eigenvalue weighted by molar-refractivity contribution is 0.301. The fraction of sp³-hybridized carbons (Fsp3) is 1.00. The van der Waals surface area contributed by atoms with Crippen LogP contribution in [0, 0.1) is 11.8 Å². The molecule has 0 heteroatoms. The molecule has 60 valence electrons. The number of hydrogen-bond donors (Lipinski definition) is 0. The Kier molecular flexibility index (Phi) is 3.24. The highest BCUT2D eigenvalue weighted by molar-refractivity contribution is 4.65. The number of rotatable bonds is 0. The molecule has 10 heavy (non-hydrogen) atoms. The van der Waals surface area contributed by atoms with Crippen LogP contribution in [0.25, 0.3) is 0 Å². The molecule has 1 aliphatic carbocycles. The first-order chi connectivity index (χ1) is 4.80. The van der Waals surface area contributed by atoms with Gasteiger partial charge in [-0.1, -0.05) is 52.4 Å². The SMILES string of the molecule is C[C@@H]1CCCCCC[C@@H]1C. The second-order valence-electron chi connectivity index (χ2n) is 3.95. The van der Waals surface area contributed by atoms with Crippen LogP contribution in [0.3, 0.4) is 0 Å². The summed E-state index contributed by atoms with van der Waals surface area (Å²) in [6.07, 6.45) is 8.87. The average molecular weight is 140 g/mol. The molecular weight excluding hydrogens is 120 g/mol. The zero-order chi connectivity index (χ0) is 7.40. The lowest BCUT2D eigenvalue weighted by Crippen LogP contribution is -2.09. The maximum Gasteiger partial charge on any atom is -0.0417 e. The van der Waals surface area contributed by atoms with Crippen LogP contribution >= 0.6 is 0 Å². The van der Waals surface area contributed by atoms with E-state index in [0.29, 0.717) is 0 Å². The molecule has 0 aromatic rings. The Bertz CT molecular complexity index is 74.0. The van der Waals surface area contributed by atoms with E-state index in [1.54, 1.807) is 0 Å². The van der Waals surface area contributed by atoms with Gasteiger partial charge in [0.1, 0.15) is 0 Å². The van der Waals surface area contributed by atoms with Gasteiger partial charge >= 0.3 is 0 Å². The summed E-state index contributed by atoms with van der Waals surface area (Å²) in [6, 6.07) is 0. The Hall–Kier alpha value is 0. The normalized spacial score (nSPS) is 36.6. The molecule has 0 saturated heterocycles. The van der Waals surface area contributed by atoms with E-state index in [1.165, 1.54) is 38.5 Å². The van der Waals surface area contributed by atoms with Gasteiger partial charge in [-0.25, -0.2) is 0 Å². The van der Waals surface area contributed by atoms with Crippen LogP contribution < -0.4 is 0 Å². The molecular formula is C10H20. The summed E-state index contributed by atoms with van der Waals surface area (Å²) in [4.78, 5) is 0. The molecule has 0 amide bonds. The van der Waals surface area contributed by atoms with E-state index < -0.39 is 0 Å². The van der Waals surface area contributed by atoms with Gasteiger partial charge in [0.25, 0.3) is 0 Å². The minimum atomic E-state index is 0.986. The molecule has 1 aliphatic rings. The molecule has 1 rings (SSSR count). The molecule has 0 radical (unpaired) electrons. The topological polar surface area (TPSA) is 0 Å². The predicted octanol–water partition coefficient (Wildman–Crippen LogP) is 3.61. The van der Waals surface area contributed by atoms with Gasteiger partial charge in [0.05, 0.1) is 0 Å². The van der Waals surface area contributed by atoms with Gasteiger partial charge in [-0.3, -0.25) is 0 Å². The van der Waals surface area contributed by atoms with Crippen LogP contribution in [0.2, 0.25) is 0 Å². The first kappa shape index (κ1) is 8.10. The van der Waals surface area contributed by atoms with E-state index in [4.69, 9.17) is 0 Å². The molecule has 0 aromatic heterocycles. The highest BCUT2D eigenvalue weighted by Gasteiger charge is 2.13. The monoisotopic (exact) mass is 140 g/mol. The van der Waals surface area contributed by atoms with E-state index in [1.807, 2.05) is 0 Å². The third-order valence-corrected chi connectivity index (χ3v) is 3.04. The summed E-state index contributed by atoms with van der Waals surface area (Å²) in [5.41, 5.74) is 0. The zero-order valence-electron chi connectivity index (χ0n) is 7.40. The van der Waals surface area contributed by atoms with Crippen molar-refractivity contribution < 1.29 is 0 Å². The minimum Gasteiger partial charge on any atom is -0.0623 e. The maximum atomic E-state index is 2.41. The summed E-state index contributed by atoms with van der Waals surface area (Å²) in [6.45, 7) is 4.83. The van der Waals surface area contributed by atoms with Crippen molar-refractivity contribution in [2.75, 3.05) is 0 Å². The molecule has 0 heterocycles. The van der Waals surface area contributed by atoms with Crippen LogP contribution in [0.5, 0.6) is 0 Å². The molecule has 2 atom stereocenters. The first-order valence-corrected chi connectivity index (χ1v) is 4.80. The van der Waals surface area contributed by atoms with Crippen LogP contribution in [0.4, 0.5) is 0 Å². The van der Waals surface area contributed by atoms with Crippen molar-refractivity contribution in [3.63, 3.8) is 0 Å². The lowest BCUT2D eigenvalue weighted by atomic mass is 9.84. The Labute approximate surface area is 65.0 Å². The van der Waals surface area contributed by atoms with Gasteiger partial charge in [-0.15, -0.1) is 0 Å². The fourth-order valence-electron chi connectivity index (χ4n) is 1.86. The molecule has 0 N–H and O–H groups in total. The van der Waals surface area contributed by atoms with Crippen molar-refractivity contribution in [1.82, 2.24) is 0 Å². The van der Waals surface area contributed by atoms with Crippen LogP contribution in [-0.2, 0) is 0 Å². The van der Waals surface area contributed by atoms with Crippen molar-refractivity contribution in [2.24, 2.45) is 11.8 Å². The molecule has 0 unspecified atom stereocenters. The predicted molar refractivity (Wildman–Crippen MR) is 46.0 cm³/mol. The van der Waals surface area contributed by atoms with Gasteiger partial charge in [-0.05, 0) is 11.8 Å². The Balaban J connectivity index is 2.28. The summed E-state index contributed by atoms with van der Waals surface area (Å²) < 4.78 is 0. The molecule has 0 aromatic carbocycles. The first-order valence-electron chi connectivity index (χ1n) is 4.80. The average Bonchev–Trinajstić information content (AvgIpc) is 1.92. The van der Waals surface area contributed by atoms with Crippen molar-refractivity contribution in [1.29, 1.82) is 0 Å². The summed E-state index contributed by atoms with van der Waals surface area (Å²) in [7, 11) is 0. The van der Waals surface area contributed by atoms with E-state index in [0.717, 1.165) is 11.8 Å². The second-order valence-corrected chi connectivity index (χ2v) is 3.95. The molecule has 0 nitrogen and oxygen atoms in total. The van der Waals surface area contributed by atoms with E-state index in [-0.39, 0.29) is 0 Å². The van der Waals surface area contributed by atoms with E-state index in [9.17, 15) is 0 Å². The van der Waals surface area contributed by atoms with E-state index >= 15 is 0 Å². The maximum absolute atomic E-state index is 2.41. The third-order valence-electron chi connectivity index (χ3n) is 3.04.